The van der Waals surface area contributed by atoms with Gasteiger partial charge >= 0.3 is 5.97 Å². The minimum Gasteiger partial charge on any atom is -0.465 e. The highest BCUT2D eigenvalue weighted by molar-refractivity contribution is 5.95. The molecule has 1 aromatic heterocycles. The number of ether oxygens (including phenoxy) is 1. The number of nitrogens with one attached hydrogen (secondary N) is 1. The van der Waals surface area contributed by atoms with Gasteiger partial charge in [0, 0.05) is 5.39 Å². The van der Waals surface area contributed by atoms with Crippen LogP contribution in [0.5, 0.6) is 0 Å². The highest BCUT2D eigenvalue weighted by Crippen LogP contribution is 2.17. The van der Waals surface area contributed by atoms with E-state index in [2.05, 4.69) is 20.9 Å². The van der Waals surface area contributed by atoms with E-state index in [4.69, 9.17) is 6.42 Å². The largest absolute Gasteiger partial charge is 0.465 e. The maximum Gasteiger partial charge on any atom is 0.337 e. The number of H-pyrrole nitrogens is 1. The molecule has 0 aliphatic heterocycles. The Balaban J connectivity index is 2.59. The molecule has 0 aliphatic carbocycles. The lowest BCUT2D eigenvalue weighted by atomic mass is 10.1. The topological polar surface area (TPSA) is 55.0 Å². The minimum atomic E-state index is -0.387. The van der Waals surface area contributed by atoms with Crippen molar-refractivity contribution in [2.75, 3.05) is 7.11 Å². The highest BCUT2D eigenvalue weighted by Gasteiger charge is 2.08. The lowest BCUT2D eigenvalue weighted by Gasteiger charge is -1.97. The Bertz CT molecular complexity index is 563. The number of terminal acetylenes is 1. The van der Waals surface area contributed by atoms with Gasteiger partial charge in [0.15, 0.2) is 0 Å². The average Bonchev–Trinajstić information content (AvgIpc) is 2.69. The Morgan fingerprint density at radius 2 is 2.40 bits per heavy atom. The normalized spacial score (nSPS) is 9.87. The van der Waals surface area contributed by atoms with Gasteiger partial charge in [0.1, 0.15) is 5.69 Å². The maximum atomic E-state index is 11.2. The molecule has 2 aromatic rings. The van der Waals surface area contributed by atoms with Gasteiger partial charge in [-0.1, -0.05) is 5.92 Å². The van der Waals surface area contributed by atoms with Gasteiger partial charge in [-0.05, 0) is 18.2 Å². The monoisotopic (exact) mass is 200 g/mol. The number of methoxy groups -OCH3 is 1. The van der Waals surface area contributed by atoms with Crippen LogP contribution in [-0.4, -0.2) is 23.3 Å². The van der Waals surface area contributed by atoms with Crippen molar-refractivity contribution in [1.82, 2.24) is 10.2 Å². The highest BCUT2D eigenvalue weighted by atomic mass is 16.5. The maximum absolute atomic E-state index is 11.2. The summed E-state index contributed by atoms with van der Waals surface area (Å²) in [5.74, 6) is 2.09. The molecule has 0 spiro atoms. The minimum absolute atomic E-state index is 0.387. The molecule has 4 nitrogen and oxygen atoms in total. The Labute approximate surface area is 86.2 Å². The molecule has 0 saturated carbocycles. The van der Waals surface area contributed by atoms with E-state index in [-0.39, 0.29) is 5.97 Å². The molecule has 4 heteroatoms. The summed E-state index contributed by atoms with van der Waals surface area (Å²) >= 11 is 0. The number of nitrogens with zero attached hydrogens (tertiary/aromatic N) is 1. The third kappa shape index (κ3) is 1.44. The first-order valence-electron chi connectivity index (χ1n) is 4.29. The second kappa shape index (κ2) is 3.46. The summed E-state index contributed by atoms with van der Waals surface area (Å²) in [6.45, 7) is 0. The van der Waals surface area contributed by atoms with Crippen molar-refractivity contribution in [3.8, 4) is 12.3 Å². The van der Waals surface area contributed by atoms with E-state index >= 15 is 0 Å². The first kappa shape index (κ1) is 9.28. The molecule has 0 amide bonds. The number of hydrogen-bond acceptors (Lipinski definition) is 3. The van der Waals surface area contributed by atoms with Gasteiger partial charge in [0.25, 0.3) is 0 Å². The van der Waals surface area contributed by atoms with Gasteiger partial charge < -0.3 is 4.74 Å². The Morgan fingerprint density at radius 3 is 3.07 bits per heavy atom. The standard InChI is InChI=1S/C11H8N2O2/c1-3-9-8-5-4-7(11(14)15-2)6-10(8)13-12-9/h1,4-6H,2H3,(H,12,13). The lowest BCUT2D eigenvalue weighted by Crippen LogP contribution is -2.00. The summed E-state index contributed by atoms with van der Waals surface area (Å²) in [5, 5.41) is 7.53. The molecular formula is C11H8N2O2. The van der Waals surface area contributed by atoms with Crippen LogP contribution in [0.4, 0.5) is 0 Å². The summed E-state index contributed by atoms with van der Waals surface area (Å²) in [7, 11) is 1.34. The summed E-state index contributed by atoms with van der Waals surface area (Å²) in [4.78, 5) is 11.2. The quantitative estimate of drug-likeness (QED) is 0.558. The van der Waals surface area contributed by atoms with Gasteiger partial charge in [-0.15, -0.1) is 6.42 Å². The second-order valence-electron chi connectivity index (χ2n) is 2.97. The number of esters is 1. The molecule has 1 aromatic carbocycles. The number of hydrogen-bond donors (Lipinski definition) is 1. The zero-order valence-corrected chi connectivity index (χ0v) is 8.07. The summed E-state index contributed by atoms with van der Waals surface area (Å²) < 4.78 is 4.60. The molecule has 1 N–H and O–H groups in total. The smallest absolute Gasteiger partial charge is 0.337 e. The van der Waals surface area contributed by atoms with E-state index in [1.54, 1.807) is 18.2 Å². The van der Waals surface area contributed by atoms with E-state index in [1.807, 2.05) is 0 Å². The number of aromatic amines is 1. The van der Waals surface area contributed by atoms with Gasteiger partial charge in [-0.25, -0.2) is 4.79 Å². The number of rotatable bonds is 1. The second-order valence-corrected chi connectivity index (χ2v) is 2.97. The van der Waals surface area contributed by atoms with Crippen LogP contribution in [0.15, 0.2) is 18.2 Å². The lowest BCUT2D eigenvalue weighted by molar-refractivity contribution is 0.0601. The number of carbonyl (C=O) groups is 1. The first-order chi connectivity index (χ1) is 7.26. The van der Waals surface area contributed by atoms with Crippen LogP contribution in [0.3, 0.4) is 0 Å². The van der Waals surface area contributed by atoms with E-state index in [1.165, 1.54) is 7.11 Å². The predicted molar refractivity (Wildman–Crippen MR) is 55.4 cm³/mol. The third-order valence-corrected chi connectivity index (χ3v) is 2.12. The Hall–Kier alpha value is -2.28. The SMILES string of the molecule is C#Cc1[nH]nc2cc(C(=O)OC)ccc12. The zero-order chi connectivity index (χ0) is 10.8. The molecule has 0 saturated heterocycles. The van der Waals surface area contributed by atoms with Crippen LogP contribution >= 0.6 is 0 Å². The zero-order valence-electron chi connectivity index (χ0n) is 8.07. The number of carbonyl (C=O) groups excluding carboxylic acids is 1. The van der Waals surface area contributed by atoms with Crippen LogP contribution in [0.2, 0.25) is 0 Å². The molecule has 0 unspecified atom stereocenters. The van der Waals surface area contributed by atoms with E-state index in [9.17, 15) is 4.79 Å². The molecular weight excluding hydrogens is 192 g/mol. The fraction of sp³-hybridized carbons (Fsp3) is 0.0909. The van der Waals surface area contributed by atoms with Crippen molar-refractivity contribution in [2.45, 2.75) is 0 Å². The Kier molecular flexibility index (Phi) is 2.14. The fourth-order valence-electron chi connectivity index (χ4n) is 1.37. The van der Waals surface area contributed by atoms with Crippen LogP contribution in [-0.2, 0) is 4.74 Å². The molecule has 0 radical (unpaired) electrons. The molecule has 15 heavy (non-hydrogen) atoms. The molecule has 0 fully saturated rings. The predicted octanol–water partition coefficient (Wildman–Crippen LogP) is 1.33. The third-order valence-electron chi connectivity index (χ3n) is 2.12. The van der Waals surface area contributed by atoms with Crippen molar-refractivity contribution in [3.05, 3.63) is 29.5 Å². The summed E-state index contributed by atoms with van der Waals surface area (Å²) in [6, 6.07) is 5.04. The molecule has 2 rings (SSSR count). The summed E-state index contributed by atoms with van der Waals surface area (Å²) in [6.07, 6.45) is 5.27. The molecule has 0 atom stereocenters. The Morgan fingerprint density at radius 1 is 1.60 bits per heavy atom. The van der Waals surface area contributed by atoms with Crippen molar-refractivity contribution >= 4 is 16.9 Å². The average molecular weight is 200 g/mol. The van der Waals surface area contributed by atoms with Gasteiger partial charge in [0.2, 0.25) is 0 Å². The van der Waals surface area contributed by atoms with Crippen molar-refractivity contribution < 1.29 is 9.53 Å². The van der Waals surface area contributed by atoms with Gasteiger partial charge in [-0.3, -0.25) is 5.10 Å². The number of fused-ring (bicyclic) bond motifs is 1. The van der Waals surface area contributed by atoms with Crippen molar-refractivity contribution in [2.24, 2.45) is 0 Å². The number of benzene rings is 1. The van der Waals surface area contributed by atoms with Crippen LogP contribution in [0.1, 0.15) is 16.1 Å². The van der Waals surface area contributed by atoms with Crippen LogP contribution in [0, 0.1) is 12.3 Å². The summed E-state index contributed by atoms with van der Waals surface area (Å²) in [5.41, 5.74) is 1.73. The molecule has 1 heterocycles. The number of aromatic nitrogens is 2. The van der Waals surface area contributed by atoms with Crippen molar-refractivity contribution in [1.29, 1.82) is 0 Å². The van der Waals surface area contributed by atoms with Crippen LogP contribution < -0.4 is 0 Å². The van der Waals surface area contributed by atoms with E-state index < -0.39 is 0 Å². The van der Waals surface area contributed by atoms with E-state index in [0.29, 0.717) is 16.8 Å². The van der Waals surface area contributed by atoms with E-state index in [0.717, 1.165) is 5.39 Å². The molecule has 0 aliphatic rings. The molecule has 74 valence electrons. The van der Waals surface area contributed by atoms with Crippen molar-refractivity contribution in [3.63, 3.8) is 0 Å². The fourth-order valence-corrected chi connectivity index (χ4v) is 1.37. The van der Waals surface area contributed by atoms with Gasteiger partial charge in [-0.2, -0.15) is 5.10 Å². The molecule has 0 bridgehead atoms. The first-order valence-corrected chi connectivity index (χ1v) is 4.29. The van der Waals surface area contributed by atoms with Crippen LogP contribution in [0.25, 0.3) is 10.9 Å². The van der Waals surface area contributed by atoms with Gasteiger partial charge in [0.05, 0.1) is 18.2 Å².